The Morgan fingerprint density at radius 3 is 2.74 bits per heavy atom. The van der Waals surface area contributed by atoms with Gasteiger partial charge in [0.25, 0.3) is 5.56 Å². The highest BCUT2D eigenvalue weighted by Crippen LogP contribution is 2.51. The highest BCUT2D eigenvalue weighted by atomic mass is 35.5. The number of pyridine rings is 1. The second kappa shape index (κ2) is 8.25. The van der Waals surface area contributed by atoms with E-state index in [2.05, 4.69) is 44.2 Å². The van der Waals surface area contributed by atoms with Crippen molar-refractivity contribution in [3.63, 3.8) is 0 Å². The molecule has 1 spiro atoms. The van der Waals surface area contributed by atoms with Crippen molar-refractivity contribution in [2.24, 2.45) is 18.2 Å². The van der Waals surface area contributed by atoms with E-state index >= 15 is 0 Å². The van der Waals surface area contributed by atoms with Crippen LogP contribution in [0.1, 0.15) is 30.0 Å². The molecule has 0 bridgehead atoms. The summed E-state index contributed by atoms with van der Waals surface area (Å²) in [6.45, 7) is 1.53. The van der Waals surface area contributed by atoms with Gasteiger partial charge in [-0.15, -0.1) is 0 Å². The summed E-state index contributed by atoms with van der Waals surface area (Å²) < 4.78 is 3.15. The van der Waals surface area contributed by atoms with Gasteiger partial charge < -0.3 is 16.4 Å². The van der Waals surface area contributed by atoms with E-state index in [1.165, 1.54) is 29.2 Å². The van der Waals surface area contributed by atoms with Crippen LogP contribution >= 0.6 is 23.4 Å². The average molecular weight is 509 g/mol. The summed E-state index contributed by atoms with van der Waals surface area (Å²) in [5.41, 5.74) is 16.0. The van der Waals surface area contributed by atoms with Gasteiger partial charge in [-0.25, -0.2) is 9.50 Å². The molecule has 9 nitrogen and oxygen atoms in total. The average Bonchev–Trinajstić information content (AvgIpc) is 3.45. The number of piperidine rings is 1. The van der Waals surface area contributed by atoms with E-state index in [0.29, 0.717) is 26.4 Å². The number of rotatable bonds is 3. The summed E-state index contributed by atoms with van der Waals surface area (Å²) in [6.07, 6.45) is 6.04. The molecule has 4 heterocycles. The van der Waals surface area contributed by atoms with Crippen molar-refractivity contribution < 1.29 is 0 Å². The van der Waals surface area contributed by atoms with E-state index in [1.54, 1.807) is 28.4 Å². The molecular weight excluding hydrogens is 484 g/mol. The van der Waals surface area contributed by atoms with E-state index in [-0.39, 0.29) is 22.8 Å². The molecule has 1 aromatic carbocycles. The molecule has 4 aromatic rings. The molecule has 0 amide bonds. The van der Waals surface area contributed by atoms with E-state index in [0.717, 1.165) is 32.4 Å². The maximum Gasteiger partial charge on any atom is 0.270 e. The second-order valence-electron chi connectivity index (χ2n) is 9.32. The zero-order valence-corrected chi connectivity index (χ0v) is 20.8. The minimum Gasteiger partial charge on any atom is -0.382 e. The molecule has 11 heteroatoms. The van der Waals surface area contributed by atoms with Crippen LogP contribution in [-0.4, -0.2) is 37.2 Å². The number of nitrogen functional groups attached to an aromatic ring is 1. The Hall–Kier alpha value is -3.08. The minimum atomic E-state index is -0.208. The number of hydrogen-bond donors (Lipinski definition) is 2. The van der Waals surface area contributed by atoms with Crippen LogP contribution in [0, 0.1) is 5.41 Å². The summed E-state index contributed by atoms with van der Waals surface area (Å²) in [5.74, 6) is 0.769. The van der Waals surface area contributed by atoms with Gasteiger partial charge in [-0.1, -0.05) is 47.6 Å². The van der Waals surface area contributed by atoms with Gasteiger partial charge in [0.15, 0.2) is 5.65 Å². The molecular formula is C24H25ClN8OS. The molecule has 1 saturated heterocycles. The molecule has 1 aliphatic carbocycles. The standard InChI is InChI=1S/C24H25ClN8OS/c1-31-22(34)18(35-16-6-9-33-21(17(16)25)28-13-29-33)20(27)30-23(31)32-10-7-24(8-11-32)12-14-4-2-3-5-15(14)19(24)26/h2-6,9,13,19H,7-8,10-12,26-27H2,1H3/t19-/m1/s1. The summed E-state index contributed by atoms with van der Waals surface area (Å²) in [5, 5.41) is 4.49. The SMILES string of the molecule is Cn1c(N2CCC3(CC2)Cc2ccccc2[C@H]3N)nc(N)c(Sc2ccn3ncnc3c2Cl)c1=O. The van der Waals surface area contributed by atoms with Gasteiger partial charge in [0.2, 0.25) is 5.95 Å². The first-order valence-corrected chi connectivity index (χ1v) is 12.7. The predicted molar refractivity (Wildman–Crippen MR) is 137 cm³/mol. The molecule has 6 rings (SSSR count). The number of halogens is 1. The van der Waals surface area contributed by atoms with Gasteiger partial charge in [0.05, 0.1) is 5.02 Å². The Morgan fingerprint density at radius 1 is 1.20 bits per heavy atom. The fourth-order valence-corrected chi connectivity index (χ4v) is 6.67. The highest BCUT2D eigenvalue weighted by Gasteiger charge is 2.46. The molecule has 1 atom stereocenters. The zero-order valence-electron chi connectivity index (χ0n) is 19.2. The smallest absolute Gasteiger partial charge is 0.270 e. The molecule has 3 aromatic heterocycles. The van der Waals surface area contributed by atoms with Gasteiger partial charge in [0.1, 0.15) is 17.0 Å². The van der Waals surface area contributed by atoms with Crippen molar-refractivity contribution in [2.75, 3.05) is 23.7 Å². The van der Waals surface area contributed by atoms with Crippen molar-refractivity contribution in [3.8, 4) is 0 Å². The fraction of sp³-hybridized carbons (Fsp3) is 0.333. The van der Waals surface area contributed by atoms with Gasteiger partial charge in [-0.2, -0.15) is 10.1 Å². The van der Waals surface area contributed by atoms with Gasteiger partial charge in [-0.05, 0) is 41.9 Å². The number of aromatic nitrogens is 5. The molecule has 1 aliphatic heterocycles. The number of benzene rings is 1. The molecule has 35 heavy (non-hydrogen) atoms. The molecule has 4 N–H and O–H groups in total. The quantitative estimate of drug-likeness (QED) is 0.433. The van der Waals surface area contributed by atoms with Crippen LogP contribution in [0.2, 0.25) is 5.02 Å². The topological polar surface area (TPSA) is 120 Å². The fourth-order valence-electron chi connectivity index (χ4n) is 5.45. The third kappa shape index (κ3) is 3.50. The molecule has 0 unspecified atom stereocenters. The largest absolute Gasteiger partial charge is 0.382 e. The normalized spacial score (nSPS) is 18.9. The lowest BCUT2D eigenvalue weighted by molar-refractivity contribution is 0.186. The van der Waals surface area contributed by atoms with Crippen LogP contribution in [0.3, 0.4) is 0 Å². The monoisotopic (exact) mass is 508 g/mol. The Morgan fingerprint density at radius 2 is 1.97 bits per heavy atom. The van der Waals surface area contributed by atoms with E-state index in [1.807, 2.05) is 0 Å². The molecule has 0 radical (unpaired) electrons. The number of nitrogens with zero attached hydrogens (tertiary/aromatic N) is 6. The van der Waals surface area contributed by atoms with Crippen LogP contribution < -0.4 is 21.9 Å². The van der Waals surface area contributed by atoms with E-state index in [4.69, 9.17) is 23.1 Å². The summed E-state index contributed by atoms with van der Waals surface area (Å²) in [4.78, 5) is 25.3. The van der Waals surface area contributed by atoms with E-state index < -0.39 is 0 Å². The Kier molecular flexibility index (Phi) is 5.28. The van der Waals surface area contributed by atoms with Gasteiger partial charge >= 0.3 is 0 Å². The Balaban J connectivity index is 1.25. The lowest BCUT2D eigenvalue weighted by Crippen LogP contribution is -2.46. The first-order chi connectivity index (χ1) is 16.9. The van der Waals surface area contributed by atoms with Crippen molar-refractivity contribution in [1.82, 2.24) is 24.1 Å². The minimum absolute atomic E-state index is 0.0360. The van der Waals surface area contributed by atoms with Crippen LogP contribution in [0.5, 0.6) is 0 Å². The maximum atomic E-state index is 13.3. The number of nitrogens with two attached hydrogens (primary N) is 2. The van der Waals surface area contributed by atoms with Crippen molar-refractivity contribution in [2.45, 2.75) is 35.1 Å². The van der Waals surface area contributed by atoms with Crippen molar-refractivity contribution in [1.29, 1.82) is 0 Å². The molecule has 0 saturated carbocycles. The number of hydrogen-bond acceptors (Lipinski definition) is 8. The summed E-state index contributed by atoms with van der Waals surface area (Å²) in [7, 11) is 1.74. The molecule has 180 valence electrons. The predicted octanol–water partition coefficient (Wildman–Crippen LogP) is 3.05. The number of fused-ring (bicyclic) bond motifs is 2. The van der Waals surface area contributed by atoms with Crippen LogP contribution in [-0.2, 0) is 13.5 Å². The molecule has 1 fully saturated rings. The van der Waals surface area contributed by atoms with Gasteiger partial charge in [0, 0.05) is 37.3 Å². The maximum absolute atomic E-state index is 13.3. The van der Waals surface area contributed by atoms with Crippen molar-refractivity contribution >= 4 is 40.8 Å². The van der Waals surface area contributed by atoms with E-state index in [9.17, 15) is 4.79 Å². The second-order valence-corrected chi connectivity index (χ2v) is 10.7. The lowest BCUT2D eigenvalue weighted by atomic mass is 9.73. The highest BCUT2D eigenvalue weighted by molar-refractivity contribution is 7.99. The van der Waals surface area contributed by atoms with Crippen LogP contribution in [0.4, 0.5) is 11.8 Å². The van der Waals surface area contributed by atoms with Crippen LogP contribution in [0.15, 0.2) is 57.4 Å². The summed E-state index contributed by atoms with van der Waals surface area (Å²) >= 11 is 7.70. The van der Waals surface area contributed by atoms with Crippen molar-refractivity contribution in [3.05, 3.63) is 69.4 Å². The molecule has 2 aliphatic rings. The Bertz CT molecular complexity index is 1510. The zero-order chi connectivity index (χ0) is 24.3. The third-order valence-corrected chi connectivity index (χ3v) is 9.08. The Labute approximate surface area is 211 Å². The first kappa shape index (κ1) is 22.4. The first-order valence-electron chi connectivity index (χ1n) is 11.5. The van der Waals surface area contributed by atoms with Gasteiger partial charge in [-0.3, -0.25) is 9.36 Å². The lowest BCUT2D eigenvalue weighted by Gasteiger charge is -2.42. The van der Waals surface area contributed by atoms with Crippen LogP contribution in [0.25, 0.3) is 5.65 Å². The third-order valence-electron chi connectivity index (χ3n) is 7.45. The summed E-state index contributed by atoms with van der Waals surface area (Å²) in [6, 6.07) is 10.3. The number of anilines is 2.